The summed E-state index contributed by atoms with van der Waals surface area (Å²) in [5, 5.41) is 1.01. The summed E-state index contributed by atoms with van der Waals surface area (Å²) < 4.78 is 7.20. The molecule has 0 spiro atoms. The lowest BCUT2D eigenvalue weighted by Crippen LogP contribution is -2.34. The lowest BCUT2D eigenvalue weighted by atomic mass is 10.1. The Morgan fingerprint density at radius 1 is 1.13 bits per heavy atom. The van der Waals surface area contributed by atoms with Crippen molar-refractivity contribution in [3.63, 3.8) is 0 Å². The highest BCUT2D eigenvalue weighted by molar-refractivity contribution is 5.96. The van der Waals surface area contributed by atoms with E-state index in [1.807, 2.05) is 12.1 Å². The van der Waals surface area contributed by atoms with Crippen molar-refractivity contribution in [1.82, 2.24) is 4.98 Å². The van der Waals surface area contributed by atoms with E-state index in [2.05, 4.69) is 60.1 Å². The molecule has 0 amide bonds. The average molecular weight is 309 g/mol. The number of nitrogens with zero attached hydrogens (tertiary/aromatic N) is 1. The van der Waals surface area contributed by atoms with Crippen LogP contribution in [0.4, 0.5) is 0 Å². The Kier molecular flexibility index (Phi) is 4.15. The van der Waals surface area contributed by atoms with E-state index in [1.54, 1.807) is 6.92 Å². The number of rotatable bonds is 4. The van der Waals surface area contributed by atoms with Crippen LogP contribution < -0.4 is 4.57 Å². The maximum absolute atomic E-state index is 11.8. The lowest BCUT2D eigenvalue weighted by molar-refractivity contribution is -0.716. The predicted octanol–water partition coefficient (Wildman–Crippen LogP) is 3.88. The fourth-order valence-corrected chi connectivity index (χ4v) is 2.61. The van der Waals surface area contributed by atoms with Crippen molar-refractivity contribution < 1.29 is 14.1 Å². The van der Waals surface area contributed by atoms with Gasteiger partial charge in [-0.2, -0.15) is 0 Å². The first kappa shape index (κ1) is 15.3. The van der Waals surface area contributed by atoms with Gasteiger partial charge in [-0.25, -0.2) is 9.36 Å². The van der Waals surface area contributed by atoms with E-state index < -0.39 is 0 Å². The van der Waals surface area contributed by atoms with Crippen molar-refractivity contribution in [3.8, 4) is 11.1 Å². The van der Waals surface area contributed by atoms with Crippen LogP contribution in [-0.4, -0.2) is 17.6 Å². The smallest absolute Gasteiger partial charge is 0.354 e. The largest absolute Gasteiger partial charge is 0.461 e. The Labute approximate surface area is 135 Å². The van der Waals surface area contributed by atoms with Gasteiger partial charge in [-0.1, -0.05) is 6.07 Å². The van der Waals surface area contributed by atoms with Gasteiger partial charge in [0.2, 0.25) is 0 Å². The number of carbonyl (C=O) groups excluding carboxylic acids is 1. The van der Waals surface area contributed by atoms with Crippen molar-refractivity contribution in [2.75, 3.05) is 6.61 Å². The standard InChI is InChI=1S/C19H20N2O2/c1-4-23-19(22)18-12-16-11-15(5-6-17(16)20-18)14-7-9-21(10-8-14)13(2)3/h5-13H,4H2,1-3H3/p+1. The molecule has 3 aromatic rings. The molecule has 0 bridgehead atoms. The van der Waals surface area contributed by atoms with Crippen molar-refractivity contribution in [1.29, 1.82) is 0 Å². The number of nitrogens with one attached hydrogen (secondary N) is 1. The molecule has 4 heteroatoms. The van der Waals surface area contributed by atoms with E-state index >= 15 is 0 Å². The van der Waals surface area contributed by atoms with Gasteiger partial charge in [0.15, 0.2) is 18.4 Å². The highest BCUT2D eigenvalue weighted by Gasteiger charge is 2.11. The topological polar surface area (TPSA) is 46.0 Å². The van der Waals surface area contributed by atoms with Crippen LogP contribution in [0.15, 0.2) is 48.8 Å². The normalized spacial score (nSPS) is 11.1. The molecule has 1 N–H and O–H groups in total. The monoisotopic (exact) mass is 309 g/mol. The number of hydrogen-bond acceptors (Lipinski definition) is 2. The Morgan fingerprint density at radius 3 is 2.52 bits per heavy atom. The van der Waals surface area contributed by atoms with Gasteiger partial charge in [0.1, 0.15) is 5.69 Å². The summed E-state index contributed by atoms with van der Waals surface area (Å²) in [6, 6.07) is 12.7. The number of pyridine rings is 1. The van der Waals surface area contributed by atoms with E-state index in [1.165, 1.54) is 0 Å². The summed E-state index contributed by atoms with van der Waals surface area (Å²) in [5.41, 5.74) is 3.71. The summed E-state index contributed by atoms with van der Waals surface area (Å²) in [6.07, 6.45) is 4.18. The SMILES string of the molecule is CCOC(=O)c1cc2cc(-c3cc[n+](C(C)C)cc3)ccc2[nH]1. The summed E-state index contributed by atoms with van der Waals surface area (Å²) in [5.74, 6) is -0.317. The molecule has 3 rings (SSSR count). The summed E-state index contributed by atoms with van der Waals surface area (Å²) >= 11 is 0. The van der Waals surface area contributed by atoms with E-state index in [0.717, 1.165) is 22.0 Å². The fourth-order valence-electron chi connectivity index (χ4n) is 2.61. The Hall–Kier alpha value is -2.62. The number of aromatic amines is 1. The number of hydrogen-bond donors (Lipinski definition) is 1. The molecule has 118 valence electrons. The summed E-state index contributed by atoms with van der Waals surface area (Å²) in [7, 11) is 0. The third-order valence-corrected chi connectivity index (χ3v) is 3.90. The molecular weight excluding hydrogens is 288 g/mol. The van der Waals surface area contributed by atoms with Crippen LogP contribution in [-0.2, 0) is 4.74 Å². The molecule has 2 aromatic heterocycles. The van der Waals surface area contributed by atoms with Crippen LogP contribution >= 0.6 is 0 Å². The second-order valence-electron chi connectivity index (χ2n) is 5.83. The highest BCUT2D eigenvalue weighted by Crippen LogP contribution is 2.24. The molecule has 0 aliphatic carbocycles. The minimum atomic E-state index is -0.317. The van der Waals surface area contributed by atoms with Gasteiger partial charge < -0.3 is 9.72 Å². The first-order chi connectivity index (χ1) is 11.1. The number of benzene rings is 1. The Morgan fingerprint density at radius 2 is 1.87 bits per heavy atom. The van der Waals surface area contributed by atoms with Crippen LogP contribution in [0.5, 0.6) is 0 Å². The number of ether oxygens (including phenoxy) is 1. The van der Waals surface area contributed by atoms with Crippen molar-refractivity contribution in [2.24, 2.45) is 0 Å². The van der Waals surface area contributed by atoms with Gasteiger partial charge in [-0.15, -0.1) is 0 Å². The second kappa shape index (κ2) is 6.24. The van der Waals surface area contributed by atoms with E-state index in [0.29, 0.717) is 18.3 Å². The van der Waals surface area contributed by atoms with Gasteiger partial charge in [-0.3, -0.25) is 0 Å². The second-order valence-corrected chi connectivity index (χ2v) is 5.83. The third kappa shape index (κ3) is 3.11. The van der Waals surface area contributed by atoms with Gasteiger partial charge in [0.25, 0.3) is 0 Å². The molecule has 0 aliphatic rings. The Balaban J connectivity index is 1.94. The molecule has 4 nitrogen and oxygen atoms in total. The van der Waals surface area contributed by atoms with Crippen LogP contribution in [0.1, 0.15) is 37.3 Å². The molecule has 1 aromatic carbocycles. The predicted molar refractivity (Wildman–Crippen MR) is 90.3 cm³/mol. The number of H-pyrrole nitrogens is 1. The lowest BCUT2D eigenvalue weighted by Gasteiger charge is -2.03. The van der Waals surface area contributed by atoms with Crippen molar-refractivity contribution >= 4 is 16.9 Å². The minimum Gasteiger partial charge on any atom is -0.461 e. The molecule has 0 saturated carbocycles. The quantitative estimate of drug-likeness (QED) is 0.587. The maximum atomic E-state index is 11.8. The zero-order chi connectivity index (χ0) is 16.4. The zero-order valence-corrected chi connectivity index (χ0v) is 13.7. The van der Waals surface area contributed by atoms with E-state index in [4.69, 9.17) is 4.74 Å². The number of aromatic nitrogens is 2. The van der Waals surface area contributed by atoms with Crippen LogP contribution in [0.3, 0.4) is 0 Å². The van der Waals surface area contributed by atoms with Gasteiger partial charge in [0, 0.05) is 23.0 Å². The number of carbonyl (C=O) groups is 1. The van der Waals surface area contributed by atoms with Crippen LogP contribution in [0, 0.1) is 0 Å². The minimum absolute atomic E-state index is 0.317. The molecule has 0 fully saturated rings. The zero-order valence-electron chi connectivity index (χ0n) is 13.7. The molecule has 0 saturated heterocycles. The van der Waals surface area contributed by atoms with E-state index in [-0.39, 0.29) is 5.97 Å². The average Bonchev–Trinajstić information content (AvgIpc) is 2.98. The maximum Gasteiger partial charge on any atom is 0.354 e. The van der Waals surface area contributed by atoms with E-state index in [9.17, 15) is 4.79 Å². The van der Waals surface area contributed by atoms with Crippen LogP contribution in [0.2, 0.25) is 0 Å². The number of fused-ring (bicyclic) bond motifs is 1. The third-order valence-electron chi connectivity index (χ3n) is 3.90. The molecule has 0 atom stereocenters. The Bertz CT molecular complexity index is 832. The first-order valence-corrected chi connectivity index (χ1v) is 7.89. The first-order valence-electron chi connectivity index (χ1n) is 7.89. The van der Waals surface area contributed by atoms with Crippen LogP contribution in [0.25, 0.3) is 22.0 Å². The van der Waals surface area contributed by atoms with Gasteiger partial charge in [-0.05, 0) is 50.1 Å². The van der Waals surface area contributed by atoms with Gasteiger partial charge in [0.05, 0.1) is 6.61 Å². The fraction of sp³-hybridized carbons (Fsp3) is 0.263. The molecule has 23 heavy (non-hydrogen) atoms. The summed E-state index contributed by atoms with van der Waals surface area (Å²) in [6.45, 7) is 6.49. The molecule has 0 radical (unpaired) electrons. The number of esters is 1. The summed E-state index contributed by atoms with van der Waals surface area (Å²) in [4.78, 5) is 14.9. The molecule has 0 unspecified atom stereocenters. The van der Waals surface area contributed by atoms with Gasteiger partial charge >= 0.3 is 5.97 Å². The molecular formula is C19H21N2O2+. The molecule has 2 heterocycles. The van der Waals surface area contributed by atoms with Crippen molar-refractivity contribution in [2.45, 2.75) is 26.8 Å². The molecule has 0 aliphatic heterocycles. The van der Waals surface area contributed by atoms with Crippen molar-refractivity contribution in [3.05, 3.63) is 54.5 Å². The highest BCUT2D eigenvalue weighted by atomic mass is 16.5.